The molecule has 1 rings (SSSR count). The van der Waals surface area contributed by atoms with E-state index in [1.54, 1.807) is 26.4 Å². The van der Waals surface area contributed by atoms with Gasteiger partial charge in [-0.25, -0.2) is 4.39 Å². The molecule has 0 amide bonds. The van der Waals surface area contributed by atoms with Crippen molar-refractivity contribution in [3.8, 4) is 0 Å². The van der Waals surface area contributed by atoms with E-state index in [1.807, 2.05) is 0 Å². The Morgan fingerprint density at radius 2 is 1.69 bits per heavy atom. The molecular weight excluding hydrogens is 187 g/mol. The van der Waals surface area contributed by atoms with Crippen molar-refractivity contribution in [3.63, 3.8) is 0 Å². The van der Waals surface area contributed by atoms with Gasteiger partial charge in [0.15, 0.2) is 0 Å². The van der Waals surface area contributed by atoms with Gasteiger partial charge in [-0.15, -0.1) is 0 Å². The largest absolute Gasteiger partial charge is 0.400 e. The van der Waals surface area contributed by atoms with E-state index in [4.69, 9.17) is 8.85 Å². The standard InChI is InChI=1S/C9H13FO2Si/c1-11-13(12-2)7-8-3-5-9(10)6-4-8/h3-6,13H,7H2,1-2H3. The first kappa shape index (κ1) is 10.4. The molecule has 0 N–H and O–H groups in total. The van der Waals surface area contributed by atoms with Gasteiger partial charge in [0.1, 0.15) is 5.82 Å². The maximum Gasteiger partial charge on any atom is 0.325 e. The molecule has 0 unspecified atom stereocenters. The molecular formula is C9H13FO2Si. The van der Waals surface area contributed by atoms with Gasteiger partial charge in [0.2, 0.25) is 0 Å². The van der Waals surface area contributed by atoms with Gasteiger partial charge in [0.05, 0.1) is 0 Å². The van der Waals surface area contributed by atoms with Gasteiger partial charge in [0, 0.05) is 20.3 Å². The maximum absolute atomic E-state index is 12.5. The van der Waals surface area contributed by atoms with E-state index >= 15 is 0 Å². The van der Waals surface area contributed by atoms with Crippen LogP contribution in [0.4, 0.5) is 4.39 Å². The molecule has 0 bridgehead atoms. The van der Waals surface area contributed by atoms with Gasteiger partial charge in [-0.3, -0.25) is 0 Å². The first-order valence-corrected chi connectivity index (χ1v) is 5.82. The van der Waals surface area contributed by atoms with Crippen LogP contribution in [-0.2, 0) is 14.9 Å². The van der Waals surface area contributed by atoms with Crippen molar-refractivity contribution in [2.75, 3.05) is 14.2 Å². The molecule has 0 aromatic heterocycles. The molecule has 0 atom stereocenters. The van der Waals surface area contributed by atoms with Gasteiger partial charge in [-0.05, 0) is 17.7 Å². The Labute approximate surface area is 79.1 Å². The molecule has 0 aliphatic rings. The van der Waals surface area contributed by atoms with Crippen LogP contribution < -0.4 is 0 Å². The molecule has 0 aliphatic heterocycles. The first-order chi connectivity index (χ1) is 6.26. The number of benzene rings is 1. The maximum atomic E-state index is 12.5. The van der Waals surface area contributed by atoms with E-state index in [2.05, 4.69) is 0 Å². The second-order valence-electron chi connectivity index (χ2n) is 2.73. The Bertz CT molecular complexity index is 246. The minimum Gasteiger partial charge on any atom is -0.400 e. The number of hydrogen-bond acceptors (Lipinski definition) is 2. The normalized spacial score (nSPS) is 10.8. The molecule has 0 fully saturated rings. The van der Waals surface area contributed by atoms with Crippen LogP contribution >= 0.6 is 0 Å². The quantitative estimate of drug-likeness (QED) is 0.684. The predicted molar refractivity (Wildman–Crippen MR) is 51.3 cm³/mol. The molecule has 0 saturated heterocycles. The first-order valence-electron chi connectivity index (χ1n) is 4.06. The summed E-state index contributed by atoms with van der Waals surface area (Å²) in [6.45, 7) is 0. The summed E-state index contributed by atoms with van der Waals surface area (Å²) in [4.78, 5) is 0. The summed E-state index contributed by atoms with van der Waals surface area (Å²) in [7, 11) is 1.73. The van der Waals surface area contributed by atoms with Crippen LogP contribution in [0.25, 0.3) is 0 Å². The van der Waals surface area contributed by atoms with E-state index in [0.717, 1.165) is 11.6 Å². The number of rotatable bonds is 4. The molecule has 13 heavy (non-hydrogen) atoms. The highest BCUT2D eigenvalue weighted by Crippen LogP contribution is 2.05. The summed E-state index contributed by atoms with van der Waals surface area (Å²) in [6.07, 6.45) is 0. The number of halogens is 1. The highest BCUT2D eigenvalue weighted by Gasteiger charge is 2.09. The van der Waals surface area contributed by atoms with Gasteiger partial charge in [-0.2, -0.15) is 0 Å². The highest BCUT2D eigenvalue weighted by molar-refractivity contribution is 6.43. The van der Waals surface area contributed by atoms with Gasteiger partial charge < -0.3 is 8.85 Å². The van der Waals surface area contributed by atoms with Crippen molar-refractivity contribution in [1.29, 1.82) is 0 Å². The molecule has 0 aliphatic carbocycles. The number of hydrogen-bond donors (Lipinski definition) is 0. The molecule has 2 nitrogen and oxygen atoms in total. The lowest BCUT2D eigenvalue weighted by atomic mass is 10.2. The predicted octanol–water partition coefficient (Wildman–Crippen LogP) is 1.42. The van der Waals surface area contributed by atoms with Gasteiger partial charge in [-0.1, -0.05) is 12.1 Å². The summed E-state index contributed by atoms with van der Waals surface area (Å²) in [5, 5.41) is 0. The lowest BCUT2D eigenvalue weighted by Crippen LogP contribution is -2.22. The Balaban J connectivity index is 2.58. The van der Waals surface area contributed by atoms with E-state index in [-0.39, 0.29) is 5.82 Å². The average Bonchev–Trinajstić information content (AvgIpc) is 2.17. The molecule has 4 heteroatoms. The Kier molecular flexibility index (Phi) is 4.08. The fourth-order valence-corrected chi connectivity index (χ4v) is 2.26. The van der Waals surface area contributed by atoms with Crippen molar-refractivity contribution in [3.05, 3.63) is 35.6 Å². The fourth-order valence-electron chi connectivity index (χ4n) is 1.08. The summed E-state index contributed by atoms with van der Waals surface area (Å²) < 4.78 is 22.8. The lowest BCUT2D eigenvalue weighted by Gasteiger charge is -2.10. The monoisotopic (exact) mass is 200 g/mol. The summed E-state index contributed by atoms with van der Waals surface area (Å²) >= 11 is 0. The Hall–Kier alpha value is -0.713. The van der Waals surface area contributed by atoms with Crippen LogP contribution in [0.5, 0.6) is 0 Å². The van der Waals surface area contributed by atoms with Crippen molar-refractivity contribution in [2.45, 2.75) is 6.04 Å². The molecule has 72 valence electrons. The van der Waals surface area contributed by atoms with Crippen molar-refractivity contribution < 1.29 is 13.2 Å². The molecule has 0 heterocycles. The minimum absolute atomic E-state index is 0.211. The zero-order valence-corrected chi connectivity index (χ0v) is 8.94. The third-order valence-electron chi connectivity index (χ3n) is 1.84. The van der Waals surface area contributed by atoms with E-state index in [9.17, 15) is 4.39 Å². The molecule has 1 aromatic carbocycles. The highest BCUT2D eigenvalue weighted by atomic mass is 28.3. The third kappa shape index (κ3) is 3.26. The minimum atomic E-state index is -1.56. The zero-order valence-electron chi connectivity index (χ0n) is 7.79. The lowest BCUT2D eigenvalue weighted by molar-refractivity contribution is 0.277. The van der Waals surface area contributed by atoms with Crippen LogP contribution in [0.15, 0.2) is 24.3 Å². The second-order valence-corrected chi connectivity index (χ2v) is 4.94. The average molecular weight is 200 g/mol. The SMILES string of the molecule is CO[SiH](Cc1ccc(F)cc1)OC. The summed E-state index contributed by atoms with van der Waals surface area (Å²) in [5.41, 5.74) is 1.06. The topological polar surface area (TPSA) is 18.5 Å². The van der Waals surface area contributed by atoms with Gasteiger partial charge >= 0.3 is 9.28 Å². The van der Waals surface area contributed by atoms with Crippen LogP contribution in [0.1, 0.15) is 5.56 Å². The van der Waals surface area contributed by atoms with Crippen LogP contribution in [0.3, 0.4) is 0 Å². The van der Waals surface area contributed by atoms with Crippen LogP contribution in [0.2, 0.25) is 0 Å². The van der Waals surface area contributed by atoms with Crippen molar-refractivity contribution in [2.24, 2.45) is 0 Å². The summed E-state index contributed by atoms with van der Waals surface area (Å²) in [5.74, 6) is -0.211. The van der Waals surface area contributed by atoms with Crippen molar-refractivity contribution in [1.82, 2.24) is 0 Å². The smallest absolute Gasteiger partial charge is 0.325 e. The third-order valence-corrected chi connectivity index (χ3v) is 3.70. The molecule has 1 aromatic rings. The van der Waals surface area contributed by atoms with Crippen LogP contribution in [-0.4, -0.2) is 23.5 Å². The summed E-state index contributed by atoms with van der Waals surface area (Å²) in [6, 6.07) is 7.19. The van der Waals surface area contributed by atoms with Crippen molar-refractivity contribution >= 4 is 9.28 Å². The molecule has 0 spiro atoms. The van der Waals surface area contributed by atoms with E-state index < -0.39 is 9.28 Å². The van der Waals surface area contributed by atoms with E-state index in [1.165, 1.54) is 12.1 Å². The molecule has 0 saturated carbocycles. The van der Waals surface area contributed by atoms with Gasteiger partial charge in [0.25, 0.3) is 0 Å². The Morgan fingerprint density at radius 1 is 1.15 bits per heavy atom. The second kappa shape index (κ2) is 5.11. The van der Waals surface area contributed by atoms with E-state index in [0.29, 0.717) is 0 Å². The zero-order chi connectivity index (χ0) is 9.68. The molecule has 0 radical (unpaired) electrons. The fraction of sp³-hybridized carbons (Fsp3) is 0.333. The van der Waals surface area contributed by atoms with Crippen LogP contribution in [0, 0.1) is 5.82 Å². The Morgan fingerprint density at radius 3 is 2.15 bits per heavy atom.